The van der Waals surface area contributed by atoms with E-state index in [0.29, 0.717) is 17.2 Å². The number of nitrogens with two attached hydrogens (primary N) is 1. The number of nitrogen functional groups attached to an aromatic ring is 1. The smallest absolute Gasteiger partial charge is 0.253 e. The second kappa shape index (κ2) is 5.08. The summed E-state index contributed by atoms with van der Waals surface area (Å²) in [6.45, 7) is 0.774. The lowest BCUT2D eigenvalue weighted by molar-refractivity contribution is 0.0754. The van der Waals surface area contributed by atoms with Crippen LogP contribution in [0.1, 0.15) is 36.0 Å². The van der Waals surface area contributed by atoms with Crippen LogP contribution in [0.2, 0.25) is 0 Å². The quantitative estimate of drug-likeness (QED) is 0.863. The van der Waals surface area contributed by atoms with E-state index in [4.69, 9.17) is 5.73 Å². The Bertz CT molecular complexity index is 511. The van der Waals surface area contributed by atoms with Gasteiger partial charge in [0.1, 0.15) is 5.82 Å². The van der Waals surface area contributed by atoms with Crippen molar-refractivity contribution in [2.75, 3.05) is 19.3 Å². The van der Waals surface area contributed by atoms with Crippen molar-refractivity contribution in [1.82, 2.24) is 4.90 Å². The highest BCUT2D eigenvalue weighted by molar-refractivity contribution is 5.94. The molecule has 1 amide bonds. The molecule has 0 radical (unpaired) electrons. The van der Waals surface area contributed by atoms with Crippen LogP contribution >= 0.6 is 0 Å². The van der Waals surface area contributed by atoms with E-state index in [1.807, 2.05) is 0 Å². The Balaban J connectivity index is 1.67. The molecule has 1 aromatic rings. The largest absolute Gasteiger partial charge is 0.399 e. The molecule has 0 aromatic heterocycles. The van der Waals surface area contributed by atoms with Crippen LogP contribution in [-0.4, -0.2) is 24.4 Å². The highest BCUT2D eigenvalue weighted by atomic mass is 19.1. The predicted octanol–water partition coefficient (Wildman–Crippen LogP) is 2.92. The molecule has 2 fully saturated rings. The minimum atomic E-state index is -0.457. The Hall–Kier alpha value is -1.58. The van der Waals surface area contributed by atoms with Crippen molar-refractivity contribution < 1.29 is 9.18 Å². The Morgan fingerprint density at radius 3 is 2.75 bits per heavy atom. The van der Waals surface area contributed by atoms with E-state index >= 15 is 0 Å². The molecule has 1 aromatic carbocycles. The first-order valence-corrected chi connectivity index (χ1v) is 7.34. The molecule has 0 saturated heterocycles. The molecule has 3 nitrogen and oxygen atoms in total. The van der Waals surface area contributed by atoms with Crippen molar-refractivity contribution in [3.63, 3.8) is 0 Å². The fourth-order valence-electron chi connectivity index (χ4n) is 3.99. The average molecular weight is 276 g/mol. The van der Waals surface area contributed by atoms with Gasteiger partial charge in [-0.1, -0.05) is 6.42 Å². The fraction of sp³-hybridized carbons (Fsp3) is 0.562. The van der Waals surface area contributed by atoms with Gasteiger partial charge in [-0.3, -0.25) is 4.79 Å². The average Bonchev–Trinajstić information content (AvgIpc) is 2.98. The van der Waals surface area contributed by atoms with Crippen molar-refractivity contribution >= 4 is 11.6 Å². The summed E-state index contributed by atoms with van der Waals surface area (Å²) in [4.78, 5) is 14.1. The number of carbonyl (C=O) groups excluding carboxylic acids is 1. The SMILES string of the molecule is CN(CC1CC2CCC1C2)C(=O)c1cc(N)cc(F)c1. The van der Waals surface area contributed by atoms with Crippen LogP contribution in [0.4, 0.5) is 10.1 Å². The Morgan fingerprint density at radius 1 is 1.35 bits per heavy atom. The molecule has 4 heteroatoms. The van der Waals surface area contributed by atoms with Crippen LogP contribution in [0.15, 0.2) is 18.2 Å². The van der Waals surface area contributed by atoms with Gasteiger partial charge in [-0.05, 0) is 55.2 Å². The molecule has 20 heavy (non-hydrogen) atoms. The molecule has 2 saturated carbocycles. The lowest BCUT2D eigenvalue weighted by atomic mass is 9.88. The molecule has 3 atom stereocenters. The topological polar surface area (TPSA) is 46.3 Å². The first-order chi connectivity index (χ1) is 9.52. The summed E-state index contributed by atoms with van der Waals surface area (Å²) in [5.41, 5.74) is 6.23. The summed E-state index contributed by atoms with van der Waals surface area (Å²) in [5, 5.41) is 0. The first kappa shape index (κ1) is 13.4. The normalized spacial score (nSPS) is 27.8. The van der Waals surface area contributed by atoms with Gasteiger partial charge in [0.25, 0.3) is 5.91 Å². The fourth-order valence-corrected chi connectivity index (χ4v) is 3.99. The third-order valence-electron chi connectivity index (χ3n) is 4.91. The molecule has 2 aliphatic rings. The molecular weight excluding hydrogens is 255 g/mol. The number of fused-ring (bicyclic) bond motifs is 2. The lowest BCUT2D eigenvalue weighted by Gasteiger charge is -2.27. The second-order valence-corrected chi connectivity index (χ2v) is 6.39. The highest BCUT2D eigenvalue weighted by Crippen LogP contribution is 2.48. The monoisotopic (exact) mass is 276 g/mol. The molecular formula is C16H21FN2O. The van der Waals surface area contributed by atoms with E-state index in [1.54, 1.807) is 18.0 Å². The first-order valence-electron chi connectivity index (χ1n) is 7.34. The van der Waals surface area contributed by atoms with Crippen molar-refractivity contribution in [2.24, 2.45) is 17.8 Å². The van der Waals surface area contributed by atoms with Gasteiger partial charge in [0, 0.05) is 24.8 Å². The number of anilines is 1. The van der Waals surface area contributed by atoms with E-state index in [2.05, 4.69) is 0 Å². The summed E-state index contributed by atoms with van der Waals surface area (Å²) in [5.74, 6) is 1.68. The molecule has 3 unspecified atom stereocenters. The van der Waals surface area contributed by atoms with Crippen LogP contribution < -0.4 is 5.73 Å². The minimum Gasteiger partial charge on any atom is -0.399 e. The van der Waals surface area contributed by atoms with Crippen molar-refractivity contribution in [3.05, 3.63) is 29.6 Å². The summed E-state index contributed by atoms with van der Waals surface area (Å²) in [6.07, 6.45) is 5.25. The minimum absolute atomic E-state index is 0.140. The van der Waals surface area contributed by atoms with E-state index in [9.17, 15) is 9.18 Å². The molecule has 2 bridgehead atoms. The number of rotatable bonds is 3. The number of carbonyl (C=O) groups is 1. The number of halogens is 1. The highest BCUT2D eigenvalue weighted by Gasteiger charge is 2.40. The van der Waals surface area contributed by atoms with Gasteiger partial charge in [0.15, 0.2) is 0 Å². The van der Waals surface area contributed by atoms with Crippen LogP contribution in [-0.2, 0) is 0 Å². The standard InChI is InChI=1S/C16H21FN2O/c1-19(9-13-5-10-2-3-11(13)4-10)16(20)12-6-14(17)8-15(18)7-12/h6-8,10-11,13H,2-5,9,18H2,1H3. The lowest BCUT2D eigenvalue weighted by Crippen LogP contribution is -2.33. The zero-order chi connectivity index (χ0) is 14.3. The number of hydrogen-bond donors (Lipinski definition) is 1. The van der Waals surface area contributed by atoms with Crippen molar-refractivity contribution in [1.29, 1.82) is 0 Å². The zero-order valence-electron chi connectivity index (χ0n) is 11.8. The molecule has 2 aliphatic carbocycles. The maximum atomic E-state index is 13.3. The molecule has 108 valence electrons. The van der Waals surface area contributed by atoms with E-state index in [-0.39, 0.29) is 5.91 Å². The summed E-state index contributed by atoms with van der Waals surface area (Å²) in [7, 11) is 1.80. The number of nitrogens with zero attached hydrogens (tertiary/aromatic N) is 1. The van der Waals surface area contributed by atoms with Gasteiger partial charge < -0.3 is 10.6 Å². The summed E-state index contributed by atoms with van der Waals surface area (Å²) < 4.78 is 13.3. The maximum Gasteiger partial charge on any atom is 0.253 e. The molecule has 0 aliphatic heterocycles. The van der Waals surface area contributed by atoms with E-state index in [1.165, 1.54) is 37.8 Å². The Kier molecular flexibility index (Phi) is 3.40. The van der Waals surface area contributed by atoms with E-state index in [0.717, 1.165) is 18.4 Å². The van der Waals surface area contributed by atoms with Crippen molar-refractivity contribution in [2.45, 2.75) is 25.7 Å². The number of amides is 1. The summed E-state index contributed by atoms with van der Waals surface area (Å²) >= 11 is 0. The molecule has 2 N–H and O–H groups in total. The van der Waals surface area contributed by atoms with Gasteiger partial charge >= 0.3 is 0 Å². The molecule has 0 spiro atoms. The third-order valence-corrected chi connectivity index (χ3v) is 4.91. The van der Waals surface area contributed by atoms with Crippen LogP contribution in [0.5, 0.6) is 0 Å². The van der Waals surface area contributed by atoms with Crippen LogP contribution in [0, 0.1) is 23.6 Å². The van der Waals surface area contributed by atoms with Gasteiger partial charge in [-0.2, -0.15) is 0 Å². The Labute approximate surface area is 118 Å². The van der Waals surface area contributed by atoms with Gasteiger partial charge in [0.2, 0.25) is 0 Å². The Morgan fingerprint density at radius 2 is 2.15 bits per heavy atom. The number of hydrogen-bond acceptors (Lipinski definition) is 2. The van der Waals surface area contributed by atoms with E-state index < -0.39 is 5.82 Å². The van der Waals surface area contributed by atoms with Gasteiger partial charge in [-0.25, -0.2) is 4.39 Å². The van der Waals surface area contributed by atoms with Gasteiger partial charge in [0.05, 0.1) is 0 Å². The second-order valence-electron chi connectivity index (χ2n) is 6.39. The van der Waals surface area contributed by atoms with Crippen LogP contribution in [0.25, 0.3) is 0 Å². The maximum absolute atomic E-state index is 13.3. The predicted molar refractivity (Wildman–Crippen MR) is 76.7 cm³/mol. The summed E-state index contributed by atoms with van der Waals surface area (Å²) in [6, 6.07) is 4.03. The number of benzene rings is 1. The van der Waals surface area contributed by atoms with Crippen molar-refractivity contribution in [3.8, 4) is 0 Å². The molecule has 0 heterocycles. The third kappa shape index (κ3) is 2.51. The van der Waals surface area contributed by atoms with Crippen LogP contribution in [0.3, 0.4) is 0 Å². The molecule has 3 rings (SSSR count). The zero-order valence-corrected chi connectivity index (χ0v) is 11.8. The van der Waals surface area contributed by atoms with Gasteiger partial charge in [-0.15, -0.1) is 0 Å².